The number of hydrogen-bond acceptors (Lipinski definition) is 6. The first-order valence-electron chi connectivity index (χ1n) is 5.49. The number of ether oxygens (including phenoxy) is 1. The van der Waals surface area contributed by atoms with Gasteiger partial charge in [0.25, 0.3) is 0 Å². The minimum atomic E-state index is -0.560. The molecule has 1 aromatic heterocycles. The summed E-state index contributed by atoms with van der Waals surface area (Å²) in [5, 5.41) is 9.63. The molecule has 0 fully saturated rings. The van der Waals surface area contributed by atoms with Gasteiger partial charge >= 0.3 is 0 Å². The van der Waals surface area contributed by atoms with E-state index in [1.807, 2.05) is 20.0 Å². The summed E-state index contributed by atoms with van der Waals surface area (Å²) in [5.74, 6) is 0.570. The first-order valence-corrected chi connectivity index (χ1v) is 5.49. The van der Waals surface area contributed by atoms with Crippen molar-refractivity contribution >= 4 is 5.95 Å². The summed E-state index contributed by atoms with van der Waals surface area (Å²) < 4.78 is 4.87. The Morgan fingerprint density at radius 3 is 2.82 bits per heavy atom. The molecule has 0 aliphatic carbocycles. The lowest BCUT2D eigenvalue weighted by Crippen LogP contribution is -2.33. The number of nitrogens with zero attached hydrogens (tertiary/aromatic N) is 3. The Morgan fingerprint density at radius 1 is 1.53 bits per heavy atom. The normalized spacial score (nSPS) is 12.5. The average molecular weight is 240 g/mol. The van der Waals surface area contributed by atoms with Gasteiger partial charge in [0, 0.05) is 32.9 Å². The fourth-order valence-corrected chi connectivity index (χ4v) is 1.53. The summed E-state index contributed by atoms with van der Waals surface area (Å²) in [6.07, 6.45) is -0.560. The molecule has 1 atom stereocenters. The maximum Gasteiger partial charge on any atom is 0.225 e. The lowest BCUT2D eigenvalue weighted by atomic mass is 10.3. The molecule has 1 heterocycles. The van der Waals surface area contributed by atoms with Crippen molar-refractivity contribution < 1.29 is 9.84 Å². The lowest BCUT2D eigenvalue weighted by molar-refractivity contribution is 0.0693. The number of rotatable bonds is 6. The molecule has 0 aliphatic rings. The number of aliphatic hydroxyl groups is 1. The van der Waals surface area contributed by atoms with Gasteiger partial charge in [-0.1, -0.05) is 0 Å². The smallest absolute Gasteiger partial charge is 0.225 e. The van der Waals surface area contributed by atoms with Crippen LogP contribution in [0.2, 0.25) is 0 Å². The van der Waals surface area contributed by atoms with E-state index in [0.29, 0.717) is 25.6 Å². The maximum absolute atomic E-state index is 9.63. The highest BCUT2D eigenvalue weighted by molar-refractivity contribution is 5.31. The molecular weight excluding hydrogens is 220 g/mol. The number of hydrogen-bond donors (Lipinski definition) is 2. The van der Waals surface area contributed by atoms with Gasteiger partial charge in [0.05, 0.1) is 18.4 Å². The monoisotopic (exact) mass is 240 g/mol. The molecule has 0 aromatic carbocycles. The first-order chi connectivity index (χ1) is 8.06. The van der Waals surface area contributed by atoms with Crippen LogP contribution in [-0.4, -0.2) is 48.5 Å². The van der Waals surface area contributed by atoms with Gasteiger partial charge < -0.3 is 20.5 Å². The molecule has 1 rings (SSSR count). The minimum absolute atomic E-state index is 0.292. The zero-order chi connectivity index (χ0) is 12.8. The van der Waals surface area contributed by atoms with Gasteiger partial charge in [-0.25, -0.2) is 9.97 Å². The number of aryl methyl sites for hydroxylation is 1. The third-order valence-electron chi connectivity index (χ3n) is 2.29. The minimum Gasteiger partial charge on any atom is -0.389 e. The van der Waals surface area contributed by atoms with Crippen LogP contribution in [0.5, 0.6) is 0 Å². The Balaban J connectivity index is 2.74. The summed E-state index contributed by atoms with van der Waals surface area (Å²) in [5.41, 5.74) is 7.22. The Labute approximate surface area is 101 Å². The maximum atomic E-state index is 9.63. The predicted octanol–water partition coefficient (Wildman–Crippen LogP) is -0.313. The Hall–Kier alpha value is -1.24. The molecule has 0 bridgehead atoms. The van der Waals surface area contributed by atoms with Crippen LogP contribution in [-0.2, 0) is 11.3 Å². The largest absolute Gasteiger partial charge is 0.389 e. The van der Waals surface area contributed by atoms with E-state index in [1.165, 1.54) is 0 Å². The second-order valence-corrected chi connectivity index (χ2v) is 3.99. The summed E-state index contributed by atoms with van der Waals surface area (Å²) in [6, 6.07) is 1.85. The van der Waals surface area contributed by atoms with Crippen LogP contribution in [0.15, 0.2) is 6.07 Å². The Bertz CT molecular complexity index is 359. The molecule has 1 aromatic rings. The van der Waals surface area contributed by atoms with E-state index in [4.69, 9.17) is 10.5 Å². The fourth-order valence-electron chi connectivity index (χ4n) is 1.53. The van der Waals surface area contributed by atoms with Gasteiger partial charge in [-0.2, -0.15) is 0 Å². The highest BCUT2D eigenvalue weighted by atomic mass is 16.5. The van der Waals surface area contributed by atoms with E-state index < -0.39 is 6.10 Å². The van der Waals surface area contributed by atoms with E-state index in [-0.39, 0.29) is 0 Å². The van der Waals surface area contributed by atoms with Crippen molar-refractivity contribution in [1.29, 1.82) is 0 Å². The highest BCUT2D eigenvalue weighted by Gasteiger charge is 2.11. The van der Waals surface area contributed by atoms with E-state index >= 15 is 0 Å². The van der Waals surface area contributed by atoms with Crippen LogP contribution in [0, 0.1) is 6.92 Å². The molecule has 6 nitrogen and oxygen atoms in total. The van der Waals surface area contributed by atoms with Crippen molar-refractivity contribution in [3.63, 3.8) is 0 Å². The zero-order valence-corrected chi connectivity index (χ0v) is 10.6. The van der Waals surface area contributed by atoms with E-state index in [9.17, 15) is 5.11 Å². The third-order valence-corrected chi connectivity index (χ3v) is 2.29. The van der Waals surface area contributed by atoms with Crippen molar-refractivity contribution in [1.82, 2.24) is 9.97 Å². The number of likely N-dealkylation sites (N-methyl/N-ethyl adjacent to an activating group) is 1. The summed E-state index contributed by atoms with van der Waals surface area (Å²) >= 11 is 0. The van der Waals surface area contributed by atoms with Crippen molar-refractivity contribution in [2.24, 2.45) is 5.73 Å². The van der Waals surface area contributed by atoms with Gasteiger partial charge in [0.2, 0.25) is 5.95 Å². The molecule has 3 N–H and O–H groups in total. The van der Waals surface area contributed by atoms with Crippen LogP contribution in [0.25, 0.3) is 0 Å². The number of anilines is 1. The zero-order valence-electron chi connectivity index (χ0n) is 10.6. The summed E-state index contributed by atoms with van der Waals surface area (Å²) in [7, 11) is 3.38. The molecule has 96 valence electrons. The van der Waals surface area contributed by atoms with Crippen LogP contribution >= 0.6 is 0 Å². The molecule has 1 unspecified atom stereocenters. The molecule has 0 aliphatic heterocycles. The van der Waals surface area contributed by atoms with Crippen LogP contribution in [0.1, 0.15) is 11.4 Å². The molecule has 6 heteroatoms. The first kappa shape index (κ1) is 13.8. The quantitative estimate of drug-likeness (QED) is 0.709. The van der Waals surface area contributed by atoms with Crippen molar-refractivity contribution in [2.45, 2.75) is 19.6 Å². The van der Waals surface area contributed by atoms with Crippen LogP contribution < -0.4 is 10.6 Å². The Kier molecular flexibility index (Phi) is 5.27. The van der Waals surface area contributed by atoms with Crippen molar-refractivity contribution in [2.75, 3.05) is 32.2 Å². The third kappa shape index (κ3) is 4.26. The number of methoxy groups -OCH3 is 1. The fraction of sp³-hybridized carbons (Fsp3) is 0.636. The summed E-state index contributed by atoms with van der Waals surface area (Å²) in [4.78, 5) is 10.4. The van der Waals surface area contributed by atoms with Crippen molar-refractivity contribution in [3.8, 4) is 0 Å². The summed E-state index contributed by atoms with van der Waals surface area (Å²) in [6.45, 7) is 2.98. The highest BCUT2D eigenvalue weighted by Crippen LogP contribution is 2.09. The molecule has 0 spiro atoms. The molecule has 17 heavy (non-hydrogen) atoms. The van der Waals surface area contributed by atoms with Gasteiger partial charge in [-0.05, 0) is 13.0 Å². The molecular formula is C11H20N4O2. The van der Waals surface area contributed by atoms with Gasteiger partial charge in [-0.3, -0.25) is 0 Å². The van der Waals surface area contributed by atoms with Gasteiger partial charge in [-0.15, -0.1) is 0 Å². The number of aliphatic hydroxyl groups excluding tert-OH is 1. The molecule has 0 saturated heterocycles. The van der Waals surface area contributed by atoms with Crippen LogP contribution in [0.3, 0.4) is 0 Å². The Morgan fingerprint density at radius 2 is 2.24 bits per heavy atom. The second-order valence-electron chi connectivity index (χ2n) is 3.99. The topological polar surface area (TPSA) is 84.5 Å². The standard InChI is InChI=1S/C11H20N4O2/c1-8-4-9(5-12)14-11(13-8)15(2)6-10(16)7-17-3/h4,10,16H,5-7,12H2,1-3H3. The average Bonchev–Trinajstić information content (AvgIpc) is 2.28. The predicted molar refractivity (Wildman–Crippen MR) is 65.8 cm³/mol. The van der Waals surface area contributed by atoms with Crippen LogP contribution in [0.4, 0.5) is 5.95 Å². The van der Waals surface area contributed by atoms with E-state index in [0.717, 1.165) is 11.4 Å². The second kappa shape index (κ2) is 6.48. The molecule has 0 saturated carbocycles. The molecule has 0 amide bonds. The van der Waals surface area contributed by atoms with Crippen molar-refractivity contribution in [3.05, 3.63) is 17.5 Å². The number of aromatic nitrogens is 2. The molecule has 0 radical (unpaired) electrons. The lowest BCUT2D eigenvalue weighted by Gasteiger charge is -2.21. The SMILES string of the molecule is COCC(O)CN(C)c1nc(C)cc(CN)n1. The van der Waals surface area contributed by atoms with Gasteiger partial charge in [0.15, 0.2) is 0 Å². The number of nitrogens with two attached hydrogens (primary N) is 1. The van der Waals surface area contributed by atoms with Gasteiger partial charge in [0.1, 0.15) is 0 Å². The van der Waals surface area contributed by atoms with E-state index in [2.05, 4.69) is 9.97 Å². The van der Waals surface area contributed by atoms with E-state index in [1.54, 1.807) is 12.0 Å².